The second-order valence-electron chi connectivity index (χ2n) is 3.48. The zero-order valence-electron chi connectivity index (χ0n) is 8.13. The smallest absolute Gasteiger partial charge is 0.0977 e. The van der Waals surface area contributed by atoms with Crippen LogP contribution in [0.3, 0.4) is 0 Å². The first-order valence-electron chi connectivity index (χ1n) is 4.74. The Bertz CT molecular complexity index is 455. The maximum atomic E-state index is 9.90. The SMILES string of the molecule is NC(CO)C(O)c1csc2ccccc12. The monoisotopic (exact) mass is 223 g/mol. The van der Waals surface area contributed by atoms with Gasteiger partial charge < -0.3 is 15.9 Å². The van der Waals surface area contributed by atoms with Gasteiger partial charge in [0.25, 0.3) is 0 Å². The van der Waals surface area contributed by atoms with Crippen molar-refractivity contribution < 1.29 is 10.2 Å². The van der Waals surface area contributed by atoms with Crippen molar-refractivity contribution in [2.24, 2.45) is 5.73 Å². The molecule has 2 rings (SSSR count). The van der Waals surface area contributed by atoms with Crippen LogP contribution >= 0.6 is 11.3 Å². The first-order chi connectivity index (χ1) is 7.24. The number of benzene rings is 1. The van der Waals surface area contributed by atoms with E-state index in [4.69, 9.17) is 10.8 Å². The van der Waals surface area contributed by atoms with Gasteiger partial charge in [-0.05, 0) is 16.8 Å². The lowest BCUT2D eigenvalue weighted by atomic mass is 10.0. The van der Waals surface area contributed by atoms with E-state index in [1.807, 2.05) is 29.6 Å². The molecule has 80 valence electrons. The first-order valence-corrected chi connectivity index (χ1v) is 5.62. The molecule has 0 saturated carbocycles. The minimum absolute atomic E-state index is 0.217. The van der Waals surface area contributed by atoms with E-state index in [1.54, 1.807) is 11.3 Å². The standard InChI is InChI=1S/C11H13NO2S/c12-9(5-13)11(14)8-6-15-10-4-2-1-3-7(8)10/h1-4,6,9,11,13-14H,5,12H2. The van der Waals surface area contributed by atoms with Crippen LogP contribution in [0.4, 0.5) is 0 Å². The number of aliphatic hydroxyl groups is 2. The summed E-state index contributed by atoms with van der Waals surface area (Å²) in [5.41, 5.74) is 6.41. The average molecular weight is 223 g/mol. The van der Waals surface area contributed by atoms with Crippen molar-refractivity contribution in [3.63, 3.8) is 0 Å². The molecule has 4 heteroatoms. The second kappa shape index (κ2) is 4.28. The van der Waals surface area contributed by atoms with Gasteiger partial charge in [-0.3, -0.25) is 0 Å². The number of rotatable bonds is 3. The van der Waals surface area contributed by atoms with Crippen molar-refractivity contribution >= 4 is 21.4 Å². The molecule has 1 heterocycles. The van der Waals surface area contributed by atoms with E-state index < -0.39 is 12.1 Å². The van der Waals surface area contributed by atoms with Gasteiger partial charge in [0.2, 0.25) is 0 Å². The second-order valence-corrected chi connectivity index (χ2v) is 4.39. The van der Waals surface area contributed by atoms with E-state index in [2.05, 4.69) is 0 Å². The molecule has 0 radical (unpaired) electrons. The normalized spacial score (nSPS) is 15.4. The molecule has 0 spiro atoms. The molecule has 0 bridgehead atoms. The Kier molecular flexibility index (Phi) is 3.02. The Balaban J connectivity index is 2.43. The minimum Gasteiger partial charge on any atom is -0.395 e. The molecule has 0 amide bonds. The summed E-state index contributed by atoms with van der Waals surface area (Å²) in [4.78, 5) is 0. The molecule has 1 aromatic heterocycles. The summed E-state index contributed by atoms with van der Waals surface area (Å²) in [5.74, 6) is 0. The molecule has 15 heavy (non-hydrogen) atoms. The van der Waals surface area contributed by atoms with Gasteiger partial charge in [0, 0.05) is 10.3 Å². The highest BCUT2D eigenvalue weighted by molar-refractivity contribution is 7.17. The zero-order chi connectivity index (χ0) is 10.8. The first kappa shape index (κ1) is 10.6. The van der Waals surface area contributed by atoms with Crippen LogP contribution in [-0.4, -0.2) is 22.9 Å². The summed E-state index contributed by atoms with van der Waals surface area (Å²) in [5, 5.41) is 21.7. The molecular weight excluding hydrogens is 210 g/mol. The molecule has 3 nitrogen and oxygen atoms in total. The fourth-order valence-electron chi connectivity index (χ4n) is 1.56. The van der Waals surface area contributed by atoms with Crippen LogP contribution in [0.2, 0.25) is 0 Å². The third kappa shape index (κ3) is 1.89. The Morgan fingerprint density at radius 3 is 2.80 bits per heavy atom. The molecule has 2 unspecified atom stereocenters. The third-order valence-electron chi connectivity index (χ3n) is 2.45. The van der Waals surface area contributed by atoms with Gasteiger partial charge >= 0.3 is 0 Å². The summed E-state index contributed by atoms with van der Waals surface area (Å²) in [7, 11) is 0. The van der Waals surface area contributed by atoms with Crippen molar-refractivity contribution in [1.82, 2.24) is 0 Å². The summed E-state index contributed by atoms with van der Waals surface area (Å²) in [6.45, 7) is -0.217. The number of thiophene rings is 1. The van der Waals surface area contributed by atoms with Crippen LogP contribution in [0, 0.1) is 0 Å². The Morgan fingerprint density at radius 1 is 1.33 bits per heavy atom. The summed E-state index contributed by atoms with van der Waals surface area (Å²) >= 11 is 1.57. The van der Waals surface area contributed by atoms with Crippen molar-refractivity contribution in [2.75, 3.05) is 6.61 Å². The minimum atomic E-state index is -0.800. The third-order valence-corrected chi connectivity index (χ3v) is 3.43. The number of fused-ring (bicyclic) bond motifs is 1. The van der Waals surface area contributed by atoms with Gasteiger partial charge in [-0.2, -0.15) is 0 Å². The van der Waals surface area contributed by atoms with E-state index in [0.717, 1.165) is 15.6 Å². The molecule has 0 aliphatic carbocycles. The molecule has 0 saturated heterocycles. The van der Waals surface area contributed by atoms with Crippen LogP contribution in [0.5, 0.6) is 0 Å². The molecule has 0 aliphatic rings. The van der Waals surface area contributed by atoms with Gasteiger partial charge in [-0.1, -0.05) is 18.2 Å². The van der Waals surface area contributed by atoms with E-state index in [9.17, 15) is 5.11 Å². The van der Waals surface area contributed by atoms with Crippen molar-refractivity contribution in [3.8, 4) is 0 Å². The highest BCUT2D eigenvalue weighted by Gasteiger charge is 2.19. The van der Waals surface area contributed by atoms with Gasteiger partial charge in [-0.15, -0.1) is 11.3 Å². The molecule has 4 N–H and O–H groups in total. The fraction of sp³-hybridized carbons (Fsp3) is 0.273. The Hall–Kier alpha value is -0.940. The average Bonchev–Trinajstić information content (AvgIpc) is 2.70. The van der Waals surface area contributed by atoms with Crippen LogP contribution in [0.15, 0.2) is 29.6 Å². The number of hydrogen-bond donors (Lipinski definition) is 3. The Labute approximate surface area is 91.8 Å². The quantitative estimate of drug-likeness (QED) is 0.733. The van der Waals surface area contributed by atoms with Crippen molar-refractivity contribution in [2.45, 2.75) is 12.1 Å². The van der Waals surface area contributed by atoms with E-state index in [1.165, 1.54) is 0 Å². The molecule has 1 aromatic carbocycles. The number of nitrogens with two attached hydrogens (primary N) is 1. The van der Waals surface area contributed by atoms with E-state index in [-0.39, 0.29) is 6.61 Å². The Morgan fingerprint density at radius 2 is 2.07 bits per heavy atom. The lowest BCUT2D eigenvalue weighted by Crippen LogP contribution is -2.31. The summed E-state index contributed by atoms with van der Waals surface area (Å²) in [6.07, 6.45) is -0.800. The van der Waals surface area contributed by atoms with Gasteiger partial charge in [0.05, 0.1) is 18.8 Å². The predicted molar refractivity (Wildman–Crippen MR) is 61.8 cm³/mol. The van der Waals surface area contributed by atoms with Crippen LogP contribution in [0.1, 0.15) is 11.7 Å². The lowest BCUT2D eigenvalue weighted by molar-refractivity contribution is 0.111. The highest BCUT2D eigenvalue weighted by atomic mass is 32.1. The fourth-order valence-corrected chi connectivity index (χ4v) is 2.55. The zero-order valence-corrected chi connectivity index (χ0v) is 8.95. The lowest BCUT2D eigenvalue weighted by Gasteiger charge is -2.15. The number of hydrogen-bond acceptors (Lipinski definition) is 4. The maximum absolute atomic E-state index is 9.90. The summed E-state index contributed by atoms with van der Waals surface area (Å²) < 4.78 is 1.12. The van der Waals surface area contributed by atoms with Crippen molar-refractivity contribution in [3.05, 3.63) is 35.2 Å². The predicted octanol–water partition coefficient (Wildman–Crippen LogP) is 1.25. The molecule has 2 aromatic rings. The molecule has 2 atom stereocenters. The van der Waals surface area contributed by atoms with Crippen LogP contribution < -0.4 is 5.73 Å². The van der Waals surface area contributed by atoms with Gasteiger partial charge in [0.15, 0.2) is 0 Å². The molecular formula is C11H13NO2S. The summed E-state index contributed by atoms with van der Waals surface area (Å²) in [6, 6.07) is 7.22. The van der Waals surface area contributed by atoms with Crippen LogP contribution in [0.25, 0.3) is 10.1 Å². The van der Waals surface area contributed by atoms with E-state index >= 15 is 0 Å². The molecule has 0 fully saturated rings. The highest BCUT2D eigenvalue weighted by Crippen LogP contribution is 2.30. The van der Waals surface area contributed by atoms with Crippen molar-refractivity contribution in [1.29, 1.82) is 0 Å². The molecule has 0 aliphatic heterocycles. The van der Waals surface area contributed by atoms with Crippen LogP contribution in [-0.2, 0) is 0 Å². The largest absolute Gasteiger partial charge is 0.395 e. The van der Waals surface area contributed by atoms with Gasteiger partial charge in [0.1, 0.15) is 0 Å². The van der Waals surface area contributed by atoms with E-state index in [0.29, 0.717) is 0 Å². The number of aliphatic hydroxyl groups excluding tert-OH is 2. The van der Waals surface area contributed by atoms with Gasteiger partial charge in [-0.25, -0.2) is 0 Å². The maximum Gasteiger partial charge on any atom is 0.0977 e. The topological polar surface area (TPSA) is 66.5 Å².